The van der Waals surface area contributed by atoms with Crippen LogP contribution in [-0.4, -0.2) is 37.4 Å². The van der Waals surface area contributed by atoms with Crippen molar-refractivity contribution < 1.29 is 23.1 Å². The van der Waals surface area contributed by atoms with Crippen LogP contribution in [0.2, 0.25) is 5.02 Å². The van der Waals surface area contributed by atoms with Gasteiger partial charge in [0.25, 0.3) is 5.91 Å². The molecule has 0 radical (unpaired) electrons. The van der Waals surface area contributed by atoms with Gasteiger partial charge >= 0.3 is 6.18 Å². The number of aliphatic hydroxyl groups is 1. The molecule has 0 aliphatic heterocycles. The first-order valence-electron chi connectivity index (χ1n) is 9.74. The van der Waals surface area contributed by atoms with Gasteiger partial charge in [-0.3, -0.25) is 14.5 Å². The average molecular weight is 454 g/mol. The summed E-state index contributed by atoms with van der Waals surface area (Å²) in [6.45, 7) is 0.197. The lowest BCUT2D eigenvalue weighted by atomic mass is 9.87. The lowest BCUT2D eigenvalue weighted by Gasteiger charge is -2.27. The number of hydrogen-bond acceptors (Lipinski definition) is 5. The molecule has 31 heavy (non-hydrogen) atoms. The zero-order chi connectivity index (χ0) is 22.2. The maximum absolute atomic E-state index is 12.8. The number of carbonyl (C=O) groups is 1. The monoisotopic (exact) mass is 453 g/mol. The minimum absolute atomic E-state index is 0.197. The van der Waals surface area contributed by atoms with E-state index < -0.39 is 23.5 Å². The van der Waals surface area contributed by atoms with E-state index in [4.69, 9.17) is 11.6 Å². The van der Waals surface area contributed by atoms with Crippen molar-refractivity contribution in [1.82, 2.24) is 19.7 Å². The Morgan fingerprint density at radius 1 is 1.23 bits per heavy atom. The molecule has 0 saturated heterocycles. The summed E-state index contributed by atoms with van der Waals surface area (Å²) >= 11 is 6.26. The van der Waals surface area contributed by atoms with E-state index in [9.17, 15) is 23.1 Å². The van der Waals surface area contributed by atoms with Crippen LogP contribution in [0.15, 0.2) is 30.7 Å². The Morgan fingerprint density at radius 3 is 2.65 bits per heavy atom. The topological polar surface area (TPSA) is 92.9 Å². The maximum atomic E-state index is 12.8. The van der Waals surface area contributed by atoms with Crippen molar-refractivity contribution in [2.24, 2.45) is 5.92 Å². The van der Waals surface area contributed by atoms with Crippen molar-refractivity contribution in [3.8, 4) is 0 Å². The van der Waals surface area contributed by atoms with E-state index in [0.717, 1.165) is 37.3 Å². The largest absolute Gasteiger partial charge is 0.434 e. The SMILES string of the molecule is O=C(Nc1cc2cn([C@H]3CC[C@H](CO)CC3)nc2cc1Cl)c1cncc(C(F)(F)F)n1. The van der Waals surface area contributed by atoms with Gasteiger partial charge in [0.15, 0.2) is 5.69 Å². The van der Waals surface area contributed by atoms with Gasteiger partial charge in [-0.2, -0.15) is 18.3 Å². The van der Waals surface area contributed by atoms with Crippen LogP contribution in [0, 0.1) is 5.92 Å². The average Bonchev–Trinajstić information content (AvgIpc) is 3.16. The number of alkyl halides is 3. The molecule has 11 heteroatoms. The van der Waals surface area contributed by atoms with E-state index in [0.29, 0.717) is 17.6 Å². The molecule has 3 aromatic rings. The standard InChI is InChI=1S/C20H19ClF3N5O2/c21-14-6-15-12(9-29(28-15)13-3-1-11(10-30)2-4-13)5-16(14)27-19(31)17-7-25-8-18(26-17)20(22,23)24/h5-9,11,13,30H,1-4,10H2,(H,27,31)/t11-,13-. The highest BCUT2D eigenvalue weighted by molar-refractivity contribution is 6.34. The molecule has 4 rings (SSSR count). The van der Waals surface area contributed by atoms with Crippen molar-refractivity contribution >= 4 is 34.1 Å². The number of benzene rings is 1. The lowest BCUT2D eigenvalue weighted by molar-refractivity contribution is -0.141. The highest BCUT2D eigenvalue weighted by Crippen LogP contribution is 2.34. The van der Waals surface area contributed by atoms with Gasteiger partial charge in [-0.15, -0.1) is 0 Å². The minimum atomic E-state index is -4.70. The van der Waals surface area contributed by atoms with Crippen LogP contribution < -0.4 is 5.32 Å². The number of amides is 1. The Morgan fingerprint density at radius 2 is 1.97 bits per heavy atom. The molecule has 1 fully saturated rings. The highest BCUT2D eigenvalue weighted by atomic mass is 35.5. The van der Waals surface area contributed by atoms with Gasteiger partial charge in [-0.1, -0.05) is 11.6 Å². The van der Waals surface area contributed by atoms with Gasteiger partial charge in [-0.25, -0.2) is 4.98 Å². The number of nitrogens with zero attached hydrogens (tertiary/aromatic N) is 4. The summed E-state index contributed by atoms with van der Waals surface area (Å²) in [6.07, 6.45) is 2.33. The van der Waals surface area contributed by atoms with E-state index in [1.807, 2.05) is 10.9 Å². The second-order valence-corrected chi connectivity index (χ2v) is 8.01. The molecule has 0 bridgehead atoms. The molecule has 2 N–H and O–H groups in total. The first-order chi connectivity index (χ1) is 14.7. The zero-order valence-corrected chi connectivity index (χ0v) is 17.0. The normalized spacial score (nSPS) is 19.5. The first kappa shape index (κ1) is 21.5. The molecule has 1 aliphatic rings. The Balaban J connectivity index is 1.55. The number of carbonyl (C=O) groups excluding carboxylic acids is 1. The number of aliphatic hydroxyl groups excluding tert-OH is 1. The summed E-state index contributed by atoms with van der Waals surface area (Å²) < 4.78 is 40.3. The first-order valence-corrected chi connectivity index (χ1v) is 10.1. The second-order valence-electron chi connectivity index (χ2n) is 7.60. The number of aromatic nitrogens is 4. The van der Waals surface area contributed by atoms with Gasteiger partial charge in [0, 0.05) is 18.2 Å². The Hall–Kier alpha value is -2.72. The van der Waals surface area contributed by atoms with Crippen molar-refractivity contribution in [3.63, 3.8) is 0 Å². The molecule has 0 unspecified atom stereocenters. The zero-order valence-electron chi connectivity index (χ0n) is 16.2. The van der Waals surface area contributed by atoms with Crippen LogP contribution in [0.4, 0.5) is 18.9 Å². The fourth-order valence-electron chi connectivity index (χ4n) is 3.74. The predicted molar refractivity (Wildman–Crippen MR) is 108 cm³/mol. The molecule has 164 valence electrons. The third-order valence-electron chi connectivity index (χ3n) is 5.47. The fraction of sp³-hybridized carbons (Fsp3) is 0.400. The maximum Gasteiger partial charge on any atom is 0.434 e. The van der Waals surface area contributed by atoms with E-state index in [1.165, 1.54) is 0 Å². The molecule has 1 saturated carbocycles. The highest BCUT2D eigenvalue weighted by Gasteiger charge is 2.33. The van der Waals surface area contributed by atoms with Crippen LogP contribution in [0.25, 0.3) is 10.9 Å². The van der Waals surface area contributed by atoms with Crippen molar-refractivity contribution in [2.45, 2.75) is 37.9 Å². The number of nitrogens with one attached hydrogen (secondary N) is 1. The Bertz CT molecular complexity index is 1110. The van der Waals surface area contributed by atoms with E-state index in [1.54, 1.807) is 12.1 Å². The van der Waals surface area contributed by atoms with Gasteiger partial charge < -0.3 is 10.4 Å². The molecular weight excluding hydrogens is 435 g/mol. The molecule has 1 amide bonds. The smallest absolute Gasteiger partial charge is 0.396 e. The number of fused-ring (bicyclic) bond motifs is 1. The Labute approximate surface area is 180 Å². The van der Waals surface area contributed by atoms with Crippen LogP contribution in [-0.2, 0) is 6.18 Å². The van der Waals surface area contributed by atoms with Crippen molar-refractivity contribution in [3.05, 3.63) is 47.1 Å². The molecule has 7 nitrogen and oxygen atoms in total. The van der Waals surface area contributed by atoms with Crippen molar-refractivity contribution in [2.75, 3.05) is 11.9 Å². The molecule has 1 aromatic carbocycles. The summed E-state index contributed by atoms with van der Waals surface area (Å²) in [5, 5.41) is 17.3. The minimum Gasteiger partial charge on any atom is -0.396 e. The van der Waals surface area contributed by atoms with Crippen LogP contribution >= 0.6 is 11.6 Å². The molecule has 2 aromatic heterocycles. The number of anilines is 1. The van der Waals surface area contributed by atoms with Crippen molar-refractivity contribution in [1.29, 1.82) is 0 Å². The molecule has 0 spiro atoms. The van der Waals surface area contributed by atoms with Gasteiger partial charge in [0.05, 0.1) is 34.7 Å². The third kappa shape index (κ3) is 4.64. The summed E-state index contributed by atoms with van der Waals surface area (Å²) in [5.41, 5.74) is -0.839. The molecular formula is C20H19ClF3N5O2. The van der Waals surface area contributed by atoms with Gasteiger partial charge in [-0.05, 0) is 43.7 Å². The van der Waals surface area contributed by atoms with E-state index in [2.05, 4.69) is 20.4 Å². The van der Waals surface area contributed by atoms with Gasteiger partial charge in [0.2, 0.25) is 0 Å². The van der Waals surface area contributed by atoms with Gasteiger partial charge in [0.1, 0.15) is 5.69 Å². The molecule has 0 atom stereocenters. The predicted octanol–water partition coefficient (Wildman–Crippen LogP) is 4.47. The molecule has 1 aliphatic carbocycles. The second kappa shape index (κ2) is 8.43. The lowest BCUT2D eigenvalue weighted by Crippen LogP contribution is -2.20. The van der Waals surface area contributed by atoms with Crippen LogP contribution in [0.3, 0.4) is 0 Å². The summed E-state index contributed by atoms with van der Waals surface area (Å²) in [5.74, 6) is -0.522. The van der Waals surface area contributed by atoms with E-state index >= 15 is 0 Å². The van der Waals surface area contributed by atoms with Crippen LogP contribution in [0.1, 0.15) is 47.9 Å². The Kier molecular flexibility index (Phi) is 5.85. The summed E-state index contributed by atoms with van der Waals surface area (Å²) in [7, 11) is 0. The van der Waals surface area contributed by atoms with Crippen LogP contribution in [0.5, 0.6) is 0 Å². The quantitative estimate of drug-likeness (QED) is 0.607. The summed E-state index contributed by atoms with van der Waals surface area (Å²) in [4.78, 5) is 19.2. The molecule has 2 heterocycles. The number of hydrogen-bond donors (Lipinski definition) is 2. The summed E-state index contributed by atoms with van der Waals surface area (Å²) in [6, 6.07) is 3.44. The fourth-order valence-corrected chi connectivity index (χ4v) is 3.94. The third-order valence-corrected chi connectivity index (χ3v) is 5.78. The van der Waals surface area contributed by atoms with E-state index in [-0.39, 0.29) is 23.4 Å². The number of halogens is 4. The number of rotatable bonds is 4.